The van der Waals surface area contributed by atoms with Crippen molar-refractivity contribution in [3.05, 3.63) is 35.9 Å². The van der Waals surface area contributed by atoms with Crippen molar-refractivity contribution in [1.82, 2.24) is 0 Å². The Hall–Kier alpha value is -0.960. The molecule has 0 N–H and O–H groups in total. The summed E-state index contributed by atoms with van der Waals surface area (Å²) in [7, 11) is 0. The van der Waals surface area contributed by atoms with Crippen molar-refractivity contribution in [3.63, 3.8) is 0 Å². The monoisotopic (exact) mass is 221 g/mol. The predicted octanol–water partition coefficient (Wildman–Crippen LogP) is 3.04. The Balaban J connectivity index is 2.20. The highest BCUT2D eigenvalue weighted by Gasteiger charge is 2.36. The maximum Gasteiger partial charge on any atom is 0.246 e. The van der Waals surface area contributed by atoms with Crippen LogP contribution in [0.5, 0.6) is 0 Å². The molecule has 3 heteroatoms. The molecule has 15 heavy (non-hydrogen) atoms. The minimum atomic E-state index is -0.208. The van der Waals surface area contributed by atoms with Crippen LogP contribution in [-0.4, -0.2) is 17.5 Å². The normalized spacial score (nSPS) is 28.0. The van der Waals surface area contributed by atoms with Gasteiger partial charge in [-0.3, -0.25) is 0 Å². The van der Waals surface area contributed by atoms with Gasteiger partial charge in [-0.1, -0.05) is 42.1 Å². The maximum absolute atomic E-state index is 5.89. The summed E-state index contributed by atoms with van der Waals surface area (Å²) in [4.78, 5) is 4.30. The lowest BCUT2D eigenvalue weighted by Crippen LogP contribution is -2.23. The lowest BCUT2D eigenvalue weighted by molar-refractivity contribution is 0.115. The fourth-order valence-electron chi connectivity index (χ4n) is 1.59. The number of hydrogen-bond acceptors (Lipinski definition) is 3. The first-order chi connectivity index (χ1) is 7.24. The van der Waals surface area contributed by atoms with Crippen LogP contribution in [-0.2, 0) is 10.3 Å². The Kier molecular flexibility index (Phi) is 3.00. The van der Waals surface area contributed by atoms with Crippen molar-refractivity contribution >= 4 is 17.0 Å². The van der Waals surface area contributed by atoms with Crippen LogP contribution in [0.3, 0.4) is 0 Å². The zero-order valence-electron chi connectivity index (χ0n) is 9.06. The Labute approximate surface area is 94.7 Å². The van der Waals surface area contributed by atoms with Gasteiger partial charge in [0.15, 0.2) is 0 Å². The van der Waals surface area contributed by atoms with Crippen molar-refractivity contribution in [2.75, 3.05) is 12.3 Å². The van der Waals surface area contributed by atoms with Crippen molar-refractivity contribution in [3.8, 4) is 0 Å². The zero-order chi connectivity index (χ0) is 10.7. The molecule has 0 aliphatic carbocycles. The van der Waals surface area contributed by atoms with Crippen LogP contribution in [0.15, 0.2) is 35.3 Å². The molecule has 1 aliphatic rings. The first-order valence-electron chi connectivity index (χ1n) is 5.16. The topological polar surface area (TPSA) is 21.6 Å². The second-order valence-electron chi connectivity index (χ2n) is 3.73. The van der Waals surface area contributed by atoms with Crippen LogP contribution in [0.1, 0.15) is 19.4 Å². The average Bonchev–Trinajstić information content (AvgIpc) is 2.64. The number of rotatable bonds is 2. The molecule has 0 saturated carbocycles. The van der Waals surface area contributed by atoms with E-state index < -0.39 is 0 Å². The lowest BCUT2D eigenvalue weighted by Gasteiger charge is -2.22. The Morgan fingerprint density at radius 1 is 1.40 bits per heavy atom. The number of ether oxygens (including phenoxy) is 1. The van der Waals surface area contributed by atoms with Crippen molar-refractivity contribution in [1.29, 1.82) is 0 Å². The van der Waals surface area contributed by atoms with E-state index in [-0.39, 0.29) is 5.60 Å². The molecule has 1 unspecified atom stereocenters. The van der Waals surface area contributed by atoms with Crippen molar-refractivity contribution < 1.29 is 4.74 Å². The molecule has 2 nitrogen and oxygen atoms in total. The van der Waals surface area contributed by atoms with Crippen LogP contribution in [0, 0.1) is 0 Å². The second kappa shape index (κ2) is 4.27. The largest absolute Gasteiger partial charge is 0.461 e. The van der Waals surface area contributed by atoms with E-state index in [1.807, 2.05) is 25.1 Å². The first kappa shape index (κ1) is 10.6. The lowest BCUT2D eigenvalue weighted by atomic mass is 9.98. The van der Waals surface area contributed by atoms with Crippen LogP contribution >= 0.6 is 11.8 Å². The molecule has 1 fully saturated rings. The Morgan fingerprint density at radius 2 is 2.13 bits per heavy atom. The second-order valence-corrected chi connectivity index (χ2v) is 4.65. The summed E-state index contributed by atoms with van der Waals surface area (Å²) < 4.78 is 5.89. The molecule has 0 radical (unpaired) electrons. The Morgan fingerprint density at radius 3 is 2.80 bits per heavy atom. The van der Waals surface area contributed by atoms with E-state index in [0.717, 1.165) is 17.5 Å². The molecule has 1 aromatic carbocycles. The molecule has 1 atom stereocenters. The van der Waals surface area contributed by atoms with Crippen LogP contribution in [0.2, 0.25) is 0 Å². The number of aliphatic imine (C=N–C) groups is 1. The third kappa shape index (κ3) is 2.17. The van der Waals surface area contributed by atoms with E-state index in [0.29, 0.717) is 0 Å². The molecule has 1 aromatic rings. The van der Waals surface area contributed by atoms with Crippen LogP contribution in [0.25, 0.3) is 0 Å². The summed E-state index contributed by atoms with van der Waals surface area (Å²) in [6.07, 6.45) is 0. The standard InChI is InChI=1S/C12H15NOS/c1-3-13-11-14-12(2,9-15-11)10-7-5-4-6-8-10/h4-8H,3,9H2,1-2H3. The van der Waals surface area contributed by atoms with Gasteiger partial charge in [-0.2, -0.15) is 0 Å². The van der Waals surface area contributed by atoms with E-state index in [2.05, 4.69) is 24.0 Å². The first-order valence-corrected chi connectivity index (χ1v) is 6.15. The van der Waals surface area contributed by atoms with Gasteiger partial charge >= 0.3 is 0 Å². The molecule has 0 spiro atoms. The fraction of sp³-hybridized carbons (Fsp3) is 0.417. The molecule has 0 amide bonds. The quantitative estimate of drug-likeness (QED) is 0.765. The maximum atomic E-state index is 5.89. The predicted molar refractivity (Wildman–Crippen MR) is 65.3 cm³/mol. The minimum Gasteiger partial charge on any atom is -0.461 e. The molecule has 0 bridgehead atoms. The minimum absolute atomic E-state index is 0.208. The smallest absolute Gasteiger partial charge is 0.246 e. The molecular weight excluding hydrogens is 206 g/mol. The van der Waals surface area contributed by atoms with E-state index in [4.69, 9.17) is 4.74 Å². The van der Waals surface area contributed by atoms with Gasteiger partial charge < -0.3 is 4.74 Å². The number of nitrogens with zero attached hydrogens (tertiary/aromatic N) is 1. The van der Waals surface area contributed by atoms with E-state index in [9.17, 15) is 0 Å². The number of hydrogen-bond donors (Lipinski definition) is 0. The highest BCUT2D eigenvalue weighted by molar-refractivity contribution is 8.13. The molecule has 2 rings (SSSR count). The summed E-state index contributed by atoms with van der Waals surface area (Å²) in [6.45, 7) is 4.93. The van der Waals surface area contributed by atoms with Gasteiger partial charge in [0.05, 0.1) is 0 Å². The third-order valence-corrected chi connectivity index (χ3v) is 3.61. The summed E-state index contributed by atoms with van der Waals surface area (Å²) in [5, 5.41) is 0.823. The molecule has 0 aromatic heterocycles. The molecule has 1 heterocycles. The molecule has 1 saturated heterocycles. The van der Waals surface area contributed by atoms with Gasteiger partial charge in [0.2, 0.25) is 5.23 Å². The zero-order valence-corrected chi connectivity index (χ0v) is 9.88. The summed E-state index contributed by atoms with van der Waals surface area (Å²) in [5.41, 5.74) is 1.01. The van der Waals surface area contributed by atoms with Gasteiger partial charge in [-0.25, -0.2) is 4.99 Å². The van der Waals surface area contributed by atoms with E-state index in [1.165, 1.54) is 5.56 Å². The van der Waals surface area contributed by atoms with E-state index in [1.54, 1.807) is 11.8 Å². The molecule has 80 valence electrons. The van der Waals surface area contributed by atoms with Gasteiger partial charge in [-0.05, 0) is 19.4 Å². The number of thioether (sulfide) groups is 1. The van der Waals surface area contributed by atoms with Gasteiger partial charge in [-0.15, -0.1) is 0 Å². The highest BCUT2D eigenvalue weighted by atomic mass is 32.2. The summed E-state index contributed by atoms with van der Waals surface area (Å²) in [5.74, 6) is 0.940. The fourth-order valence-corrected chi connectivity index (χ4v) is 2.68. The van der Waals surface area contributed by atoms with Crippen molar-refractivity contribution in [2.45, 2.75) is 19.4 Å². The SMILES string of the molecule is CCN=C1OC(C)(c2ccccc2)CS1. The summed E-state index contributed by atoms with van der Waals surface area (Å²) >= 11 is 1.70. The molecule has 1 aliphatic heterocycles. The van der Waals surface area contributed by atoms with Gasteiger partial charge in [0, 0.05) is 12.3 Å². The summed E-state index contributed by atoms with van der Waals surface area (Å²) in [6, 6.07) is 10.3. The number of benzene rings is 1. The Bertz CT molecular complexity index is 363. The molecular formula is C12H15NOS. The van der Waals surface area contributed by atoms with E-state index >= 15 is 0 Å². The van der Waals surface area contributed by atoms with Gasteiger partial charge in [0.25, 0.3) is 0 Å². The third-order valence-electron chi connectivity index (χ3n) is 2.46. The van der Waals surface area contributed by atoms with Crippen LogP contribution in [0.4, 0.5) is 0 Å². The highest BCUT2D eigenvalue weighted by Crippen LogP contribution is 2.37. The van der Waals surface area contributed by atoms with Gasteiger partial charge in [0.1, 0.15) is 5.60 Å². The average molecular weight is 221 g/mol. The van der Waals surface area contributed by atoms with Crippen LogP contribution < -0.4 is 0 Å². The van der Waals surface area contributed by atoms with Crippen molar-refractivity contribution in [2.24, 2.45) is 4.99 Å².